The van der Waals surface area contributed by atoms with E-state index in [1.165, 1.54) is 38.9 Å². The molecule has 0 spiro atoms. The summed E-state index contributed by atoms with van der Waals surface area (Å²) in [6.45, 7) is 9.88. The van der Waals surface area contributed by atoms with Crippen molar-refractivity contribution in [1.82, 2.24) is 15.3 Å². The third-order valence-electron chi connectivity index (χ3n) is 3.50. The van der Waals surface area contributed by atoms with E-state index in [9.17, 15) is 0 Å². The van der Waals surface area contributed by atoms with Crippen LogP contribution >= 0.6 is 0 Å². The number of likely N-dealkylation sites (tertiary alicyclic amines) is 1. The minimum Gasteiger partial charge on any atom is -0.379 e. The first-order valence-corrected chi connectivity index (χ1v) is 6.69. The second-order valence-electron chi connectivity index (χ2n) is 4.84. The average Bonchev–Trinajstić information content (AvgIpc) is 2.33. The van der Waals surface area contributed by atoms with Gasteiger partial charge in [-0.1, -0.05) is 6.92 Å². The first kappa shape index (κ1) is 12.3. The second kappa shape index (κ2) is 6.55. The third kappa shape index (κ3) is 3.70. The smallest absolute Gasteiger partial charge is 0.0608 e. The number of morpholine rings is 1. The highest BCUT2D eigenvalue weighted by molar-refractivity contribution is 4.76. The highest BCUT2D eigenvalue weighted by Crippen LogP contribution is 2.11. The van der Waals surface area contributed by atoms with Gasteiger partial charge in [0.1, 0.15) is 0 Å². The van der Waals surface area contributed by atoms with Gasteiger partial charge >= 0.3 is 0 Å². The Bertz CT molecular complexity index is 187. The van der Waals surface area contributed by atoms with E-state index in [1.54, 1.807) is 0 Å². The van der Waals surface area contributed by atoms with Crippen molar-refractivity contribution in [3.8, 4) is 0 Å². The molecule has 4 nitrogen and oxygen atoms in total. The van der Waals surface area contributed by atoms with E-state index in [2.05, 4.69) is 22.3 Å². The Morgan fingerprint density at radius 3 is 2.44 bits per heavy atom. The van der Waals surface area contributed by atoms with Crippen molar-refractivity contribution in [1.29, 1.82) is 0 Å². The standard InChI is InChI=1S/C12H25N3O/c1-2-5-14-6-3-12(4-7-14)13-15-8-10-16-11-9-15/h12-13H,2-11H2,1H3. The zero-order chi connectivity index (χ0) is 11.2. The van der Waals surface area contributed by atoms with Crippen LogP contribution in [0.5, 0.6) is 0 Å². The summed E-state index contributed by atoms with van der Waals surface area (Å²) in [5.41, 5.74) is 3.65. The number of hydrogen-bond donors (Lipinski definition) is 1. The molecule has 16 heavy (non-hydrogen) atoms. The quantitative estimate of drug-likeness (QED) is 0.765. The molecule has 0 amide bonds. The van der Waals surface area contributed by atoms with Gasteiger partial charge in [0.05, 0.1) is 13.2 Å². The number of hydrazine groups is 1. The van der Waals surface area contributed by atoms with Gasteiger partial charge in [-0.25, -0.2) is 5.01 Å². The molecular formula is C12H25N3O. The second-order valence-corrected chi connectivity index (χ2v) is 4.84. The van der Waals surface area contributed by atoms with Crippen LogP contribution < -0.4 is 5.43 Å². The van der Waals surface area contributed by atoms with Crippen molar-refractivity contribution in [2.24, 2.45) is 0 Å². The van der Waals surface area contributed by atoms with Crippen molar-refractivity contribution in [3.63, 3.8) is 0 Å². The van der Waals surface area contributed by atoms with Crippen LogP contribution in [0.1, 0.15) is 26.2 Å². The fourth-order valence-corrected chi connectivity index (χ4v) is 2.55. The van der Waals surface area contributed by atoms with E-state index in [0.717, 1.165) is 26.3 Å². The van der Waals surface area contributed by atoms with Crippen LogP contribution in [0.15, 0.2) is 0 Å². The number of ether oxygens (including phenoxy) is 1. The Labute approximate surface area is 98.9 Å². The third-order valence-corrected chi connectivity index (χ3v) is 3.50. The van der Waals surface area contributed by atoms with Gasteiger partial charge in [-0.15, -0.1) is 0 Å². The minimum atomic E-state index is 0.686. The molecule has 0 bridgehead atoms. The van der Waals surface area contributed by atoms with Gasteiger partial charge in [-0.2, -0.15) is 0 Å². The van der Waals surface area contributed by atoms with Crippen LogP contribution in [0.4, 0.5) is 0 Å². The molecule has 0 aliphatic carbocycles. The van der Waals surface area contributed by atoms with Crippen LogP contribution in [-0.2, 0) is 4.74 Å². The van der Waals surface area contributed by atoms with Gasteiger partial charge in [-0.3, -0.25) is 5.43 Å². The molecule has 2 aliphatic rings. The van der Waals surface area contributed by atoms with Crippen LogP contribution in [0.3, 0.4) is 0 Å². The van der Waals surface area contributed by atoms with Gasteiger partial charge in [-0.05, 0) is 38.9 Å². The molecule has 2 rings (SSSR count). The van der Waals surface area contributed by atoms with Gasteiger partial charge in [0.15, 0.2) is 0 Å². The molecule has 0 aromatic carbocycles. The van der Waals surface area contributed by atoms with Crippen LogP contribution in [0, 0.1) is 0 Å². The SMILES string of the molecule is CCCN1CCC(NN2CCOCC2)CC1. The van der Waals surface area contributed by atoms with Crippen molar-refractivity contribution >= 4 is 0 Å². The van der Waals surface area contributed by atoms with E-state index in [1.807, 2.05) is 0 Å². The van der Waals surface area contributed by atoms with Crippen molar-refractivity contribution in [3.05, 3.63) is 0 Å². The maximum Gasteiger partial charge on any atom is 0.0608 e. The summed E-state index contributed by atoms with van der Waals surface area (Å²) in [5, 5.41) is 2.34. The lowest BCUT2D eigenvalue weighted by molar-refractivity contribution is -0.00272. The molecule has 2 heterocycles. The zero-order valence-corrected chi connectivity index (χ0v) is 10.5. The molecule has 2 fully saturated rings. The van der Waals surface area contributed by atoms with E-state index in [-0.39, 0.29) is 0 Å². The molecule has 0 aromatic rings. The lowest BCUT2D eigenvalue weighted by Crippen LogP contribution is -2.53. The summed E-state index contributed by atoms with van der Waals surface area (Å²) in [6.07, 6.45) is 3.86. The molecule has 0 unspecified atom stereocenters. The highest BCUT2D eigenvalue weighted by atomic mass is 16.5. The minimum absolute atomic E-state index is 0.686. The van der Waals surface area contributed by atoms with Gasteiger partial charge in [0, 0.05) is 19.1 Å². The van der Waals surface area contributed by atoms with E-state index in [4.69, 9.17) is 4.74 Å². The fourth-order valence-electron chi connectivity index (χ4n) is 2.55. The maximum absolute atomic E-state index is 5.35. The normalized spacial score (nSPS) is 26.1. The number of piperidine rings is 1. The van der Waals surface area contributed by atoms with Gasteiger partial charge in [0.2, 0.25) is 0 Å². The van der Waals surface area contributed by atoms with Gasteiger partial charge < -0.3 is 9.64 Å². The molecule has 0 aromatic heterocycles. The lowest BCUT2D eigenvalue weighted by Gasteiger charge is -2.36. The summed E-state index contributed by atoms with van der Waals surface area (Å²) in [6, 6.07) is 0.686. The summed E-state index contributed by atoms with van der Waals surface area (Å²) in [5.74, 6) is 0. The van der Waals surface area contributed by atoms with Crippen molar-refractivity contribution in [2.75, 3.05) is 45.9 Å². The fraction of sp³-hybridized carbons (Fsp3) is 1.00. The number of rotatable bonds is 4. The molecule has 2 aliphatic heterocycles. The Morgan fingerprint density at radius 2 is 1.81 bits per heavy atom. The first-order valence-electron chi connectivity index (χ1n) is 6.69. The van der Waals surface area contributed by atoms with Crippen LogP contribution in [-0.4, -0.2) is 61.9 Å². The predicted octanol–water partition coefficient (Wildman–Crippen LogP) is 0.698. The van der Waals surface area contributed by atoms with Gasteiger partial charge in [0.25, 0.3) is 0 Å². The summed E-state index contributed by atoms with van der Waals surface area (Å²) in [7, 11) is 0. The Balaban J connectivity index is 1.64. The molecule has 0 atom stereocenters. The Morgan fingerprint density at radius 1 is 1.12 bits per heavy atom. The number of hydrogen-bond acceptors (Lipinski definition) is 4. The van der Waals surface area contributed by atoms with E-state index in [0.29, 0.717) is 6.04 Å². The van der Waals surface area contributed by atoms with Crippen LogP contribution in [0.2, 0.25) is 0 Å². The molecule has 0 saturated carbocycles. The molecule has 2 saturated heterocycles. The van der Waals surface area contributed by atoms with Crippen molar-refractivity contribution in [2.45, 2.75) is 32.2 Å². The van der Waals surface area contributed by atoms with Crippen molar-refractivity contribution < 1.29 is 4.74 Å². The average molecular weight is 227 g/mol. The maximum atomic E-state index is 5.35. The highest BCUT2D eigenvalue weighted by Gasteiger charge is 2.21. The Hall–Kier alpha value is -0.160. The monoisotopic (exact) mass is 227 g/mol. The molecule has 1 N–H and O–H groups in total. The number of nitrogens with zero attached hydrogens (tertiary/aromatic N) is 2. The summed E-state index contributed by atoms with van der Waals surface area (Å²) < 4.78 is 5.35. The lowest BCUT2D eigenvalue weighted by atomic mass is 10.1. The zero-order valence-electron chi connectivity index (χ0n) is 10.5. The molecular weight excluding hydrogens is 202 g/mol. The van der Waals surface area contributed by atoms with E-state index >= 15 is 0 Å². The summed E-state index contributed by atoms with van der Waals surface area (Å²) in [4.78, 5) is 2.58. The molecule has 0 radical (unpaired) electrons. The largest absolute Gasteiger partial charge is 0.379 e. The molecule has 4 heteroatoms. The Kier molecular flexibility index (Phi) is 5.03. The number of nitrogens with one attached hydrogen (secondary N) is 1. The first-order chi connectivity index (χ1) is 7.88. The van der Waals surface area contributed by atoms with E-state index < -0.39 is 0 Å². The molecule has 94 valence electrons. The topological polar surface area (TPSA) is 27.7 Å². The van der Waals surface area contributed by atoms with Crippen LogP contribution in [0.25, 0.3) is 0 Å². The summed E-state index contributed by atoms with van der Waals surface area (Å²) >= 11 is 0. The predicted molar refractivity (Wildman–Crippen MR) is 65.3 cm³/mol.